The monoisotopic (exact) mass is 557 g/mol. The topological polar surface area (TPSA) is 88.9 Å². The molecule has 2 aromatic heterocycles. The Balaban J connectivity index is 1.27. The predicted octanol–water partition coefficient (Wildman–Crippen LogP) is 5.66. The summed E-state index contributed by atoms with van der Waals surface area (Å²) in [6.45, 7) is 4.87. The molecule has 4 aromatic rings. The number of fused-ring (bicyclic) bond motifs is 1. The third-order valence-corrected chi connectivity index (χ3v) is 8.76. The van der Waals surface area contributed by atoms with Crippen LogP contribution in [0, 0.1) is 0 Å². The van der Waals surface area contributed by atoms with Crippen molar-refractivity contribution in [1.29, 1.82) is 0 Å². The summed E-state index contributed by atoms with van der Waals surface area (Å²) in [5, 5.41) is 16.1. The molecule has 1 aliphatic carbocycles. The maximum atomic E-state index is 13.3. The van der Waals surface area contributed by atoms with Crippen molar-refractivity contribution in [2.24, 2.45) is 0 Å². The van der Waals surface area contributed by atoms with Crippen molar-refractivity contribution in [3.8, 4) is 0 Å². The maximum absolute atomic E-state index is 13.3. The van der Waals surface area contributed by atoms with E-state index < -0.39 is 0 Å². The zero-order valence-corrected chi connectivity index (χ0v) is 23.3. The quantitative estimate of drug-likeness (QED) is 0.184. The number of aromatic nitrogens is 3. The van der Waals surface area contributed by atoms with Gasteiger partial charge in [0.25, 0.3) is 5.91 Å². The summed E-state index contributed by atoms with van der Waals surface area (Å²) in [6, 6.07) is 19.9. The van der Waals surface area contributed by atoms with Crippen molar-refractivity contribution in [3.05, 3.63) is 106 Å². The summed E-state index contributed by atoms with van der Waals surface area (Å²) in [6.07, 6.45) is 6.41. The molecule has 0 spiro atoms. The van der Waals surface area contributed by atoms with Crippen molar-refractivity contribution in [2.45, 2.75) is 50.4 Å². The van der Waals surface area contributed by atoms with E-state index in [1.54, 1.807) is 6.08 Å². The average Bonchev–Trinajstić information content (AvgIpc) is 3.52. The number of carbonyl (C=O) groups excluding carboxylic acids is 2. The van der Waals surface area contributed by atoms with E-state index in [1.807, 2.05) is 53.1 Å². The molecule has 7 nitrogen and oxygen atoms in total. The molecule has 200 valence electrons. The van der Waals surface area contributed by atoms with Crippen LogP contribution >= 0.6 is 23.1 Å². The number of nitrogens with zero attached hydrogens (tertiary/aromatic N) is 3. The lowest BCUT2D eigenvalue weighted by Crippen LogP contribution is -2.25. The highest BCUT2D eigenvalue weighted by molar-refractivity contribution is 7.99. The van der Waals surface area contributed by atoms with E-state index >= 15 is 0 Å². The van der Waals surface area contributed by atoms with Crippen LogP contribution in [0.4, 0.5) is 5.00 Å². The fraction of sp³-hybridized carbons (Fsp3) is 0.267. The number of rotatable bonds is 11. The third-order valence-electron chi connectivity index (χ3n) is 6.59. The number of benzene rings is 2. The van der Waals surface area contributed by atoms with Crippen LogP contribution in [0.25, 0.3) is 0 Å². The lowest BCUT2D eigenvalue weighted by atomic mass is 9.95. The second kappa shape index (κ2) is 12.9. The van der Waals surface area contributed by atoms with E-state index in [4.69, 9.17) is 0 Å². The molecule has 0 unspecified atom stereocenters. The molecule has 2 amide bonds. The van der Waals surface area contributed by atoms with E-state index in [9.17, 15) is 9.59 Å². The van der Waals surface area contributed by atoms with Gasteiger partial charge in [0.2, 0.25) is 5.91 Å². The molecular weight excluding hydrogens is 526 g/mol. The molecule has 5 rings (SSSR count). The Bertz CT molecular complexity index is 1450. The first-order valence-corrected chi connectivity index (χ1v) is 14.9. The molecule has 0 aliphatic heterocycles. The minimum Gasteiger partial charge on any atom is -0.348 e. The van der Waals surface area contributed by atoms with Gasteiger partial charge < -0.3 is 15.2 Å². The van der Waals surface area contributed by atoms with Gasteiger partial charge in [-0.25, -0.2) is 0 Å². The molecule has 0 saturated heterocycles. The number of allylic oxidation sites excluding steroid dienone is 1. The first-order valence-electron chi connectivity index (χ1n) is 13.1. The van der Waals surface area contributed by atoms with Crippen LogP contribution in [0.1, 0.15) is 50.6 Å². The summed E-state index contributed by atoms with van der Waals surface area (Å²) >= 11 is 2.87. The van der Waals surface area contributed by atoms with Gasteiger partial charge in [0.15, 0.2) is 5.16 Å². The molecule has 0 fully saturated rings. The van der Waals surface area contributed by atoms with Gasteiger partial charge in [0, 0.05) is 24.4 Å². The van der Waals surface area contributed by atoms with Gasteiger partial charge >= 0.3 is 0 Å². The molecule has 2 N–H and O–H groups in total. The minimum absolute atomic E-state index is 0.141. The van der Waals surface area contributed by atoms with Gasteiger partial charge in [-0.1, -0.05) is 78.5 Å². The number of thiophene rings is 1. The van der Waals surface area contributed by atoms with Crippen LogP contribution in [0.2, 0.25) is 0 Å². The standard InChI is InChI=1S/C30H31N5O2S2/c1-2-17-35-25(18-21-11-5-3-6-12-21)33-34-30(35)38-20-26(36)32-29-27(23-15-9-10-16-24(23)39-29)28(37)31-19-22-13-7-4-8-14-22/h2-8,11-14H,1,9-10,15-20H2,(H,31,37)(H,32,36). The van der Waals surface area contributed by atoms with Crippen molar-refractivity contribution in [2.75, 3.05) is 11.1 Å². The Morgan fingerprint density at radius 3 is 2.46 bits per heavy atom. The Labute approximate surface area is 236 Å². The van der Waals surface area contributed by atoms with Crippen molar-refractivity contribution in [3.63, 3.8) is 0 Å². The largest absolute Gasteiger partial charge is 0.348 e. The summed E-state index contributed by atoms with van der Waals surface area (Å²) in [7, 11) is 0. The van der Waals surface area contributed by atoms with Crippen LogP contribution in [0.15, 0.2) is 78.5 Å². The summed E-state index contributed by atoms with van der Waals surface area (Å²) in [5.41, 5.74) is 3.87. The molecule has 0 radical (unpaired) electrons. The average molecular weight is 558 g/mol. The first-order chi connectivity index (χ1) is 19.1. The van der Waals surface area contributed by atoms with E-state index in [1.165, 1.54) is 28.0 Å². The summed E-state index contributed by atoms with van der Waals surface area (Å²) < 4.78 is 1.99. The molecule has 39 heavy (non-hydrogen) atoms. The zero-order chi connectivity index (χ0) is 27.0. The van der Waals surface area contributed by atoms with Crippen LogP contribution in [0.3, 0.4) is 0 Å². The fourth-order valence-electron chi connectivity index (χ4n) is 4.70. The molecule has 2 heterocycles. The molecular formula is C30H31N5O2S2. The number of nitrogens with one attached hydrogen (secondary N) is 2. The lowest BCUT2D eigenvalue weighted by Gasteiger charge is -2.13. The Morgan fingerprint density at radius 1 is 1.00 bits per heavy atom. The van der Waals surface area contributed by atoms with Gasteiger partial charge in [-0.15, -0.1) is 28.1 Å². The van der Waals surface area contributed by atoms with E-state index in [2.05, 4.69) is 39.5 Å². The number of anilines is 1. The second-order valence-corrected chi connectivity index (χ2v) is 11.4. The molecule has 0 atom stereocenters. The zero-order valence-electron chi connectivity index (χ0n) is 21.7. The highest BCUT2D eigenvalue weighted by Crippen LogP contribution is 2.38. The molecule has 0 bridgehead atoms. The summed E-state index contributed by atoms with van der Waals surface area (Å²) in [4.78, 5) is 27.6. The Morgan fingerprint density at radius 2 is 1.72 bits per heavy atom. The number of aryl methyl sites for hydroxylation is 1. The second-order valence-electron chi connectivity index (χ2n) is 9.38. The Hall–Kier alpha value is -3.69. The van der Waals surface area contributed by atoms with Crippen LogP contribution in [-0.2, 0) is 37.1 Å². The van der Waals surface area contributed by atoms with E-state index in [-0.39, 0.29) is 17.6 Å². The fourth-order valence-corrected chi connectivity index (χ4v) is 6.77. The van der Waals surface area contributed by atoms with Crippen molar-refractivity contribution >= 4 is 39.9 Å². The van der Waals surface area contributed by atoms with Crippen LogP contribution in [-0.4, -0.2) is 32.3 Å². The first kappa shape index (κ1) is 26.9. The smallest absolute Gasteiger partial charge is 0.254 e. The van der Waals surface area contributed by atoms with Gasteiger partial charge in [-0.05, 0) is 42.4 Å². The SMILES string of the molecule is C=CCn1c(Cc2ccccc2)nnc1SCC(=O)Nc1sc2c(c1C(=O)NCc1ccccc1)CCCC2. The highest BCUT2D eigenvalue weighted by atomic mass is 32.2. The third kappa shape index (κ3) is 6.66. The number of carbonyl (C=O) groups is 2. The minimum atomic E-state index is -0.173. The number of hydrogen-bond donors (Lipinski definition) is 2. The van der Waals surface area contributed by atoms with E-state index in [0.717, 1.165) is 48.2 Å². The highest BCUT2D eigenvalue weighted by Gasteiger charge is 2.26. The van der Waals surface area contributed by atoms with Gasteiger partial charge in [0.1, 0.15) is 10.8 Å². The maximum Gasteiger partial charge on any atom is 0.254 e. The van der Waals surface area contributed by atoms with Gasteiger partial charge in [0.05, 0.1) is 11.3 Å². The lowest BCUT2D eigenvalue weighted by molar-refractivity contribution is -0.113. The number of thioether (sulfide) groups is 1. The normalized spacial score (nSPS) is 12.5. The number of amides is 2. The molecule has 0 saturated carbocycles. The van der Waals surface area contributed by atoms with Gasteiger partial charge in [-0.2, -0.15) is 0 Å². The Kier molecular flexibility index (Phi) is 8.90. The predicted molar refractivity (Wildman–Crippen MR) is 157 cm³/mol. The van der Waals surface area contributed by atoms with Crippen molar-refractivity contribution < 1.29 is 9.59 Å². The molecule has 1 aliphatic rings. The number of hydrogen-bond acceptors (Lipinski definition) is 6. The summed E-state index contributed by atoms with van der Waals surface area (Å²) in [5.74, 6) is 0.673. The van der Waals surface area contributed by atoms with Crippen LogP contribution in [0.5, 0.6) is 0 Å². The molecule has 9 heteroatoms. The van der Waals surface area contributed by atoms with Gasteiger partial charge in [-0.3, -0.25) is 9.59 Å². The van der Waals surface area contributed by atoms with Crippen LogP contribution < -0.4 is 10.6 Å². The van der Waals surface area contributed by atoms with Crippen molar-refractivity contribution in [1.82, 2.24) is 20.1 Å². The molecule has 2 aromatic carbocycles. The van der Waals surface area contributed by atoms with E-state index in [0.29, 0.717) is 35.2 Å².